The van der Waals surface area contributed by atoms with Crippen molar-refractivity contribution in [1.29, 1.82) is 0 Å². The molecule has 0 radical (unpaired) electrons. The summed E-state index contributed by atoms with van der Waals surface area (Å²) in [5.41, 5.74) is 1.82. The van der Waals surface area contributed by atoms with E-state index in [0.717, 1.165) is 5.56 Å². The number of rotatable bonds is 5. The standard InChI is InChI=1S/C20H16ClN3O4S/c1-11-4-2-3-5-15(11)22-17(25)10-28-16-7-6-13(21)8-12(16)9-14-18(26)23-20(29)24-19(14)27/h2-9H,10H2,1H3,(H,22,25)(H2,23,24,26,27,29). The van der Waals surface area contributed by atoms with Crippen molar-refractivity contribution < 1.29 is 19.1 Å². The summed E-state index contributed by atoms with van der Waals surface area (Å²) in [4.78, 5) is 36.3. The van der Waals surface area contributed by atoms with Crippen molar-refractivity contribution in [3.05, 3.63) is 64.2 Å². The van der Waals surface area contributed by atoms with Gasteiger partial charge in [-0.1, -0.05) is 29.8 Å². The maximum Gasteiger partial charge on any atom is 0.263 e. The molecule has 148 valence electrons. The highest BCUT2D eigenvalue weighted by atomic mass is 35.5. The first-order valence-corrected chi connectivity index (χ1v) is 9.28. The van der Waals surface area contributed by atoms with Crippen LogP contribution >= 0.6 is 23.8 Å². The molecule has 0 saturated carbocycles. The largest absolute Gasteiger partial charge is 0.483 e. The Morgan fingerprint density at radius 1 is 1.17 bits per heavy atom. The van der Waals surface area contributed by atoms with E-state index in [1.165, 1.54) is 12.1 Å². The topological polar surface area (TPSA) is 96.5 Å². The molecule has 2 aromatic rings. The van der Waals surface area contributed by atoms with Crippen LogP contribution in [0.2, 0.25) is 5.02 Å². The molecule has 0 bridgehead atoms. The van der Waals surface area contributed by atoms with E-state index in [1.54, 1.807) is 18.2 Å². The van der Waals surface area contributed by atoms with E-state index < -0.39 is 11.8 Å². The third-order valence-electron chi connectivity index (χ3n) is 3.99. The highest BCUT2D eigenvalue weighted by Gasteiger charge is 2.26. The summed E-state index contributed by atoms with van der Waals surface area (Å²) < 4.78 is 5.59. The van der Waals surface area contributed by atoms with Gasteiger partial charge in [0.15, 0.2) is 11.7 Å². The molecule has 3 N–H and O–H groups in total. The number of halogens is 1. The quantitative estimate of drug-likeness (QED) is 0.385. The summed E-state index contributed by atoms with van der Waals surface area (Å²) in [7, 11) is 0. The number of amides is 3. The average molecular weight is 430 g/mol. The van der Waals surface area contributed by atoms with Gasteiger partial charge in [-0.3, -0.25) is 25.0 Å². The number of para-hydroxylation sites is 1. The molecule has 1 aliphatic heterocycles. The Morgan fingerprint density at radius 3 is 2.55 bits per heavy atom. The zero-order valence-corrected chi connectivity index (χ0v) is 16.8. The monoisotopic (exact) mass is 429 g/mol. The first-order valence-electron chi connectivity index (χ1n) is 8.49. The Labute approximate surface area is 177 Å². The molecule has 7 nitrogen and oxygen atoms in total. The van der Waals surface area contributed by atoms with Crippen LogP contribution < -0.4 is 20.7 Å². The maximum atomic E-state index is 12.2. The van der Waals surface area contributed by atoms with Crippen molar-refractivity contribution in [3.63, 3.8) is 0 Å². The van der Waals surface area contributed by atoms with E-state index in [0.29, 0.717) is 16.3 Å². The van der Waals surface area contributed by atoms with Crippen molar-refractivity contribution in [2.75, 3.05) is 11.9 Å². The SMILES string of the molecule is Cc1ccccc1NC(=O)COc1ccc(Cl)cc1C=C1C(=O)NC(=S)NC1=O. The van der Waals surface area contributed by atoms with E-state index in [9.17, 15) is 14.4 Å². The molecular formula is C20H16ClN3O4S. The lowest BCUT2D eigenvalue weighted by Crippen LogP contribution is -2.51. The molecule has 1 fully saturated rings. The van der Waals surface area contributed by atoms with Crippen LogP contribution in [0.15, 0.2) is 48.0 Å². The molecule has 3 amide bonds. The van der Waals surface area contributed by atoms with Gasteiger partial charge in [-0.25, -0.2) is 0 Å². The van der Waals surface area contributed by atoms with Gasteiger partial charge in [-0.2, -0.15) is 0 Å². The first-order chi connectivity index (χ1) is 13.8. The van der Waals surface area contributed by atoms with Crippen molar-refractivity contribution in [3.8, 4) is 5.75 Å². The van der Waals surface area contributed by atoms with Crippen LogP contribution in [0.5, 0.6) is 5.75 Å². The fourth-order valence-electron chi connectivity index (χ4n) is 2.57. The molecule has 1 aliphatic rings. The van der Waals surface area contributed by atoms with Crippen LogP contribution in [0.25, 0.3) is 6.08 Å². The average Bonchev–Trinajstić information content (AvgIpc) is 2.66. The van der Waals surface area contributed by atoms with Gasteiger partial charge in [-0.05, 0) is 55.0 Å². The Bertz CT molecular complexity index is 1030. The first kappa shape index (κ1) is 20.5. The van der Waals surface area contributed by atoms with Gasteiger partial charge >= 0.3 is 0 Å². The second-order valence-corrected chi connectivity index (χ2v) is 6.97. The van der Waals surface area contributed by atoms with Crippen molar-refractivity contribution in [2.24, 2.45) is 0 Å². The summed E-state index contributed by atoms with van der Waals surface area (Å²) in [5.74, 6) is -1.34. The number of ether oxygens (including phenoxy) is 1. The molecule has 1 saturated heterocycles. The minimum absolute atomic E-state index is 0.0624. The number of carbonyl (C=O) groups is 3. The number of hydrogen-bond acceptors (Lipinski definition) is 5. The van der Waals surface area contributed by atoms with Crippen molar-refractivity contribution >= 4 is 58.4 Å². The molecule has 0 spiro atoms. The zero-order chi connectivity index (χ0) is 21.0. The van der Waals surface area contributed by atoms with E-state index >= 15 is 0 Å². The lowest BCUT2D eigenvalue weighted by atomic mass is 10.1. The third-order valence-corrected chi connectivity index (χ3v) is 4.43. The Kier molecular flexibility index (Phi) is 6.26. The second kappa shape index (κ2) is 8.85. The summed E-state index contributed by atoms with van der Waals surface area (Å²) in [5, 5.41) is 7.78. The third kappa shape index (κ3) is 5.18. The van der Waals surface area contributed by atoms with Crippen LogP contribution in [0, 0.1) is 6.92 Å². The Balaban J connectivity index is 1.77. The fraction of sp³-hybridized carbons (Fsp3) is 0.100. The number of benzene rings is 2. The van der Waals surface area contributed by atoms with Gasteiger partial charge in [0.2, 0.25) is 0 Å². The number of nitrogens with one attached hydrogen (secondary N) is 3. The minimum Gasteiger partial charge on any atom is -0.483 e. The van der Waals surface area contributed by atoms with Gasteiger partial charge in [0, 0.05) is 16.3 Å². The van der Waals surface area contributed by atoms with Crippen LogP contribution in [-0.4, -0.2) is 29.4 Å². The molecule has 9 heteroatoms. The number of hydrogen-bond donors (Lipinski definition) is 3. The second-order valence-electron chi connectivity index (χ2n) is 6.13. The summed E-state index contributed by atoms with van der Waals surface area (Å²) in [6.45, 7) is 1.61. The van der Waals surface area contributed by atoms with Gasteiger partial charge in [0.1, 0.15) is 11.3 Å². The molecule has 0 aliphatic carbocycles. The molecule has 3 rings (SSSR count). The smallest absolute Gasteiger partial charge is 0.263 e. The number of thiocarbonyl (C=S) groups is 1. The van der Waals surface area contributed by atoms with Gasteiger partial charge in [-0.15, -0.1) is 0 Å². The molecule has 0 aromatic heterocycles. The lowest BCUT2D eigenvalue weighted by Gasteiger charge is -2.17. The highest BCUT2D eigenvalue weighted by Crippen LogP contribution is 2.26. The Hall–Kier alpha value is -3.23. The predicted octanol–water partition coefficient (Wildman–Crippen LogP) is 2.58. The summed E-state index contributed by atoms with van der Waals surface area (Å²) in [6.07, 6.45) is 1.33. The molecular weight excluding hydrogens is 414 g/mol. The molecule has 0 atom stereocenters. The zero-order valence-electron chi connectivity index (χ0n) is 15.2. The summed E-state index contributed by atoms with van der Waals surface area (Å²) >= 11 is 10.8. The predicted molar refractivity (Wildman–Crippen MR) is 114 cm³/mol. The number of carbonyl (C=O) groups excluding carboxylic acids is 3. The molecule has 1 heterocycles. The van der Waals surface area contributed by atoms with E-state index in [-0.39, 0.29) is 28.9 Å². The van der Waals surface area contributed by atoms with E-state index in [1.807, 2.05) is 25.1 Å². The lowest BCUT2D eigenvalue weighted by molar-refractivity contribution is -0.123. The van der Waals surface area contributed by atoms with Gasteiger partial charge < -0.3 is 10.1 Å². The van der Waals surface area contributed by atoms with E-state index in [4.69, 9.17) is 28.6 Å². The maximum absolute atomic E-state index is 12.2. The summed E-state index contributed by atoms with van der Waals surface area (Å²) in [6, 6.07) is 12.0. The normalized spacial score (nSPS) is 13.4. The van der Waals surface area contributed by atoms with Crippen LogP contribution in [0.3, 0.4) is 0 Å². The Morgan fingerprint density at radius 2 is 1.86 bits per heavy atom. The van der Waals surface area contributed by atoms with E-state index in [2.05, 4.69) is 16.0 Å². The van der Waals surface area contributed by atoms with Gasteiger partial charge in [0.25, 0.3) is 17.7 Å². The molecule has 29 heavy (non-hydrogen) atoms. The molecule has 0 unspecified atom stereocenters. The van der Waals surface area contributed by atoms with Gasteiger partial charge in [0.05, 0.1) is 0 Å². The van der Waals surface area contributed by atoms with Crippen molar-refractivity contribution in [2.45, 2.75) is 6.92 Å². The van der Waals surface area contributed by atoms with Crippen LogP contribution in [0.1, 0.15) is 11.1 Å². The number of aryl methyl sites for hydroxylation is 1. The molecule has 2 aromatic carbocycles. The number of anilines is 1. The minimum atomic E-state index is -0.637. The van der Waals surface area contributed by atoms with Crippen LogP contribution in [-0.2, 0) is 14.4 Å². The highest BCUT2D eigenvalue weighted by molar-refractivity contribution is 7.80. The van der Waals surface area contributed by atoms with Crippen molar-refractivity contribution in [1.82, 2.24) is 10.6 Å². The fourth-order valence-corrected chi connectivity index (χ4v) is 2.93. The van der Waals surface area contributed by atoms with Crippen LogP contribution in [0.4, 0.5) is 5.69 Å².